The fourth-order valence-corrected chi connectivity index (χ4v) is 2.16. The van der Waals surface area contributed by atoms with Crippen molar-refractivity contribution in [2.24, 2.45) is 0 Å². The van der Waals surface area contributed by atoms with E-state index in [-0.39, 0.29) is 0 Å². The molecule has 0 fully saturated rings. The first-order valence-corrected chi connectivity index (χ1v) is 6.09. The minimum atomic E-state index is -0.803. The molecule has 1 aromatic carbocycles. The van der Waals surface area contributed by atoms with Crippen molar-refractivity contribution in [2.75, 3.05) is 7.05 Å². The van der Waals surface area contributed by atoms with E-state index < -0.39 is 17.7 Å². The monoisotopic (exact) mass is 262 g/mol. The standard InChI is InChI=1S/C15H16F2N2/c1-9-6-7-12(14(17)13(9)16)15(18-3)11-5-4-8-19-10(11)2/h4-8,15,18H,1-3H3. The van der Waals surface area contributed by atoms with E-state index in [1.165, 1.54) is 0 Å². The highest BCUT2D eigenvalue weighted by Gasteiger charge is 2.21. The lowest BCUT2D eigenvalue weighted by Gasteiger charge is -2.20. The van der Waals surface area contributed by atoms with Gasteiger partial charge in [-0.05, 0) is 38.1 Å². The minimum absolute atomic E-state index is 0.293. The van der Waals surface area contributed by atoms with Crippen LogP contribution in [0.5, 0.6) is 0 Å². The van der Waals surface area contributed by atoms with Gasteiger partial charge in [0.25, 0.3) is 0 Å². The molecule has 0 aliphatic carbocycles. The van der Waals surface area contributed by atoms with E-state index in [1.54, 1.807) is 38.4 Å². The number of halogens is 2. The van der Waals surface area contributed by atoms with Gasteiger partial charge in [0, 0.05) is 17.5 Å². The third-order valence-electron chi connectivity index (χ3n) is 3.26. The van der Waals surface area contributed by atoms with Gasteiger partial charge in [-0.2, -0.15) is 0 Å². The van der Waals surface area contributed by atoms with Crippen LogP contribution in [0.4, 0.5) is 8.78 Å². The highest BCUT2D eigenvalue weighted by atomic mass is 19.2. The van der Waals surface area contributed by atoms with Crippen molar-refractivity contribution in [1.82, 2.24) is 10.3 Å². The average Bonchev–Trinajstić information content (AvgIpc) is 2.41. The molecule has 1 unspecified atom stereocenters. The third-order valence-corrected chi connectivity index (χ3v) is 3.26. The average molecular weight is 262 g/mol. The zero-order valence-electron chi connectivity index (χ0n) is 11.2. The number of pyridine rings is 1. The van der Waals surface area contributed by atoms with Gasteiger partial charge in [0.15, 0.2) is 11.6 Å². The maximum Gasteiger partial charge on any atom is 0.164 e. The van der Waals surface area contributed by atoms with Crippen LogP contribution in [0.1, 0.15) is 28.4 Å². The van der Waals surface area contributed by atoms with E-state index in [2.05, 4.69) is 10.3 Å². The number of aromatic nitrogens is 1. The number of nitrogens with one attached hydrogen (secondary N) is 1. The van der Waals surface area contributed by atoms with E-state index in [0.29, 0.717) is 11.1 Å². The van der Waals surface area contributed by atoms with Gasteiger partial charge in [0.1, 0.15) is 0 Å². The summed E-state index contributed by atoms with van der Waals surface area (Å²) in [5.74, 6) is -1.60. The molecule has 0 aliphatic rings. The fraction of sp³-hybridized carbons (Fsp3) is 0.267. The van der Waals surface area contributed by atoms with Crippen LogP contribution in [0.2, 0.25) is 0 Å². The topological polar surface area (TPSA) is 24.9 Å². The Labute approximate surface area is 111 Å². The summed E-state index contributed by atoms with van der Waals surface area (Å²) in [5, 5.41) is 3.02. The lowest BCUT2D eigenvalue weighted by molar-refractivity contribution is 0.482. The van der Waals surface area contributed by atoms with Crippen molar-refractivity contribution in [3.8, 4) is 0 Å². The Morgan fingerprint density at radius 1 is 1.05 bits per heavy atom. The van der Waals surface area contributed by atoms with Gasteiger partial charge >= 0.3 is 0 Å². The van der Waals surface area contributed by atoms with Gasteiger partial charge in [-0.1, -0.05) is 18.2 Å². The summed E-state index contributed by atoms with van der Waals surface area (Å²) in [6, 6.07) is 6.44. The van der Waals surface area contributed by atoms with Crippen LogP contribution in [-0.2, 0) is 0 Å². The SMILES string of the molecule is CNC(c1cccnc1C)c1ccc(C)c(F)c1F. The highest BCUT2D eigenvalue weighted by molar-refractivity contribution is 5.36. The predicted octanol–water partition coefficient (Wildman–Crippen LogP) is 3.29. The molecule has 0 bridgehead atoms. The Morgan fingerprint density at radius 2 is 1.79 bits per heavy atom. The van der Waals surface area contributed by atoms with Crippen LogP contribution >= 0.6 is 0 Å². The largest absolute Gasteiger partial charge is 0.309 e. The zero-order valence-corrected chi connectivity index (χ0v) is 11.2. The fourth-order valence-electron chi connectivity index (χ4n) is 2.16. The molecule has 2 rings (SSSR count). The zero-order chi connectivity index (χ0) is 14.0. The van der Waals surface area contributed by atoms with Crippen molar-refractivity contribution in [3.05, 3.63) is 64.5 Å². The number of benzene rings is 1. The molecule has 100 valence electrons. The first-order chi connectivity index (χ1) is 9.06. The number of hydrogen-bond acceptors (Lipinski definition) is 2. The molecular weight excluding hydrogens is 246 g/mol. The second kappa shape index (κ2) is 5.45. The molecule has 0 spiro atoms. The molecule has 0 radical (unpaired) electrons. The van der Waals surface area contributed by atoms with Crippen molar-refractivity contribution in [3.63, 3.8) is 0 Å². The van der Waals surface area contributed by atoms with E-state index in [4.69, 9.17) is 0 Å². The third kappa shape index (κ3) is 2.49. The molecule has 0 saturated carbocycles. The second-order valence-corrected chi connectivity index (χ2v) is 4.50. The molecule has 19 heavy (non-hydrogen) atoms. The van der Waals surface area contributed by atoms with Gasteiger partial charge in [-0.3, -0.25) is 4.98 Å². The number of aryl methyl sites for hydroxylation is 2. The molecule has 4 heteroatoms. The van der Waals surface area contributed by atoms with Crippen LogP contribution in [0.25, 0.3) is 0 Å². The highest BCUT2D eigenvalue weighted by Crippen LogP contribution is 2.27. The summed E-state index contributed by atoms with van der Waals surface area (Å²) in [5.41, 5.74) is 2.23. The Bertz CT molecular complexity index is 597. The molecule has 2 nitrogen and oxygen atoms in total. The first kappa shape index (κ1) is 13.6. The summed E-state index contributed by atoms with van der Waals surface area (Å²) < 4.78 is 27.8. The molecule has 0 saturated heterocycles. The summed E-state index contributed by atoms with van der Waals surface area (Å²) >= 11 is 0. The van der Waals surface area contributed by atoms with Gasteiger partial charge < -0.3 is 5.32 Å². The van der Waals surface area contributed by atoms with Crippen molar-refractivity contribution in [2.45, 2.75) is 19.9 Å². The number of nitrogens with zero attached hydrogens (tertiary/aromatic N) is 1. The maximum absolute atomic E-state index is 14.1. The molecule has 1 N–H and O–H groups in total. The van der Waals surface area contributed by atoms with Crippen molar-refractivity contribution < 1.29 is 8.78 Å². The summed E-state index contributed by atoms with van der Waals surface area (Å²) in [4.78, 5) is 4.19. The first-order valence-electron chi connectivity index (χ1n) is 6.09. The molecule has 2 aromatic rings. The van der Waals surface area contributed by atoms with Crippen LogP contribution in [-0.4, -0.2) is 12.0 Å². The van der Waals surface area contributed by atoms with E-state index in [0.717, 1.165) is 11.3 Å². The normalized spacial score (nSPS) is 12.5. The minimum Gasteiger partial charge on any atom is -0.309 e. The summed E-state index contributed by atoms with van der Waals surface area (Å²) in [6.07, 6.45) is 1.68. The predicted molar refractivity (Wildman–Crippen MR) is 71.0 cm³/mol. The number of hydrogen-bond donors (Lipinski definition) is 1. The smallest absolute Gasteiger partial charge is 0.164 e. The Kier molecular flexibility index (Phi) is 3.90. The van der Waals surface area contributed by atoms with Gasteiger partial charge in [0.05, 0.1) is 6.04 Å². The lowest BCUT2D eigenvalue weighted by Crippen LogP contribution is -2.21. The summed E-state index contributed by atoms with van der Waals surface area (Å²) in [6.45, 7) is 3.40. The van der Waals surface area contributed by atoms with Crippen LogP contribution in [0, 0.1) is 25.5 Å². The Balaban J connectivity index is 2.55. The van der Waals surface area contributed by atoms with Gasteiger partial charge in [-0.15, -0.1) is 0 Å². The Hall–Kier alpha value is -1.81. The molecule has 1 atom stereocenters. The van der Waals surface area contributed by atoms with Crippen LogP contribution in [0.3, 0.4) is 0 Å². The van der Waals surface area contributed by atoms with E-state index >= 15 is 0 Å². The van der Waals surface area contributed by atoms with Gasteiger partial charge in [0.2, 0.25) is 0 Å². The summed E-state index contributed by atoms with van der Waals surface area (Å²) in [7, 11) is 1.72. The molecule has 0 amide bonds. The number of rotatable bonds is 3. The quantitative estimate of drug-likeness (QED) is 0.918. The molecule has 1 heterocycles. The maximum atomic E-state index is 14.1. The van der Waals surface area contributed by atoms with Crippen LogP contribution < -0.4 is 5.32 Å². The Morgan fingerprint density at radius 3 is 2.42 bits per heavy atom. The van der Waals surface area contributed by atoms with Crippen LogP contribution in [0.15, 0.2) is 30.5 Å². The van der Waals surface area contributed by atoms with Gasteiger partial charge in [-0.25, -0.2) is 8.78 Å². The van der Waals surface area contributed by atoms with E-state index in [1.807, 2.05) is 13.0 Å². The molecule has 1 aromatic heterocycles. The molecular formula is C15H16F2N2. The lowest BCUT2D eigenvalue weighted by atomic mass is 9.96. The van der Waals surface area contributed by atoms with E-state index in [9.17, 15) is 8.78 Å². The van der Waals surface area contributed by atoms with Crippen molar-refractivity contribution >= 4 is 0 Å². The van der Waals surface area contributed by atoms with Crippen molar-refractivity contribution in [1.29, 1.82) is 0 Å². The molecule has 0 aliphatic heterocycles. The second-order valence-electron chi connectivity index (χ2n) is 4.50.